The van der Waals surface area contributed by atoms with Crippen LogP contribution in [0.4, 0.5) is 0 Å². The molecule has 54 heavy (non-hydrogen) atoms. The van der Waals surface area contributed by atoms with Gasteiger partial charge in [0.25, 0.3) is 0 Å². The fourth-order valence-electron chi connectivity index (χ4n) is 5.85. The summed E-state index contributed by atoms with van der Waals surface area (Å²) in [6.45, 7) is 20.7. The van der Waals surface area contributed by atoms with Crippen molar-refractivity contribution in [1.82, 2.24) is 0 Å². The highest BCUT2D eigenvalue weighted by atomic mass is 16.7. The highest BCUT2D eigenvalue weighted by Gasteiger charge is 2.44. The second kappa shape index (κ2) is 21.4. The Morgan fingerprint density at radius 2 is 1.19 bits per heavy atom. The lowest BCUT2D eigenvalue weighted by Crippen LogP contribution is -2.58. The molecule has 0 aromatic rings. The molecule has 8 nitrogen and oxygen atoms in total. The Labute approximate surface area is 323 Å². The van der Waals surface area contributed by atoms with Crippen molar-refractivity contribution < 1.29 is 39.8 Å². The van der Waals surface area contributed by atoms with Crippen molar-refractivity contribution in [2.24, 2.45) is 5.41 Å². The standard InChI is InChI=1S/C46H64O8/c1-30(17-12-13-18-31(2)20-15-23-33(4)25-27-37-35(6)40(48)38(47)29-45(37,8)9)19-14-21-32(3)22-16-24-34(5)26-28-39(46(10,11)52)54-44-43(51)42(50)41(49)36(7)53-44/h12-28,36,38-39,41-44,47,49-52H,29H2,1-11H3/b13-12+,19-14+,20-15+,22-16+,27-25+,28-26+,30-17+,31-18+,32-21+,33-23+,34-24+/t36?,38-,39-,41?,42?,43?,44?/m0/s1. The van der Waals surface area contributed by atoms with Crippen molar-refractivity contribution in [1.29, 1.82) is 0 Å². The second-order valence-corrected chi connectivity index (χ2v) is 15.6. The molecule has 0 amide bonds. The van der Waals surface area contributed by atoms with Gasteiger partial charge in [0.1, 0.15) is 30.5 Å². The minimum Gasteiger partial charge on any atom is -0.388 e. The first-order valence-corrected chi connectivity index (χ1v) is 18.6. The number of carbonyl (C=O) groups is 1. The van der Waals surface area contributed by atoms with Crippen LogP contribution in [0.1, 0.15) is 82.6 Å². The molecule has 0 aromatic carbocycles. The van der Waals surface area contributed by atoms with Crippen LogP contribution in [0, 0.1) is 5.41 Å². The van der Waals surface area contributed by atoms with Gasteiger partial charge in [0.2, 0.25) is 0 Å². The second-order valence-electron chi connectivity index (χ2n) is 15.6. The van der Waals surface area contributed by atoms with Crippen molar-refractivity contribution in [2.45, 2.75) is 131 Å². The number of rotatable bonds is 15. The van der Waals surface area contributed by atoms with Gasteiger partial charge in [-0.15, -0.1) is 0 Å². The molecule has 1 heterocycles. The summed E-state index contributed by atoms with van der Waals surface area (Å²) in [6.07, 6.45) is 26.2. The molecule has 5 N–H and O–H groups in total. The Balaban J connectivity index is 1.91. The molecule has 8 heteroatoms. The van der Waals surface area contributed by atoms with Crippen LogP contribution in [0.3, 0.4) is 0 Å². The minimum absolute atomic E-state index is 0.184. The largest absolute Gasteiger partial charge is 0.388 e. The van der Waals surface area contributed by atoms with Crippen LogP contribution < -0.4 is 0 Å². The Bertz CT molecular complexity index is 1660. The highest BCUT2D eigenvalue weighted by Crippen LogP contribution is 2.39. The SMILES string of the molecule is CC1=C(/C=C/C(C)=C/C=C/C(C)=C/C=C/C=C(C)/C=C/C=C(C)/C=C/C=C(C)/C=C/[C@H](OC2OC(C)C(O)C(O)C2O)C(C)(C)O)C(C)(C)C[C@H](O)C1=O. The lowest BCUT2D eigenvalue weighted by molar-refractivity contribution is -0.309. The maximum Gasteiger partial charge on any atom is 0.187 e. The topological polar surface area (TPSA) is 137 Å². The minimum atomic E-state index is -1.46. The Morgan fingerprint density at radius 3 is 1.67 bits per heavy atom. The number of Topliss-reactive ketones (excluding diaryl/α,β-unsaturated/α-hetero) is 1. The molecule has 2 rings (SSSR count). The summed E-state index contributed by atoms with van der Waals surface area (Å²) in [5.74, 6) is -0.184. The van der Waals surface area contributed by atoms with E-state index < -0.39 is 48.5 Å². The van der Waals surface area contributed by atoms with Gasteiger partial charge in [0.05, 0.1) is 11.7 Å². The number of hydrogen-bond acceptors (Lipinski definition) is 8. The Morgan fingerprint density at radius 1 is 0.741 bits per heavy atom. The molecule has 7 atom stereocenters. The van der Waals surface area contributed by atoms with Crippen LogP contribution >= 0.6 is 0 Å². The molecule has 0 spiro atoms. The fraction of sp³-hybridized carbons (Fsp3) is 0.457. The predicted octanol–water partition coefficient (Wildman–Crippen LogP) is 7.72. The van der Waals surface area contributed by atoms with Crippen LogP contribution in [0.5, 0.6) is 0 Å². The number of aliphatic hydroxyl groups is 5. The summed E-state index contributed by atoms with van der Waals surface area (Å²) in [7, 11) is 0. The molecular formula is C46H64O8. The van der Waals surface area contributed by atoms with Gasteiger partial charge >= 0.3 is 0 Å². The van der Waals surface area contributed by atoms with Crippen LogP contribution in [-0.2, 0) is 14.3 Å². The number of ether oxygens (including phenoxy) is 2. The normalized spacial score (nSPS) is 28.1. The third kappa shape index (κ3) is 15.2. The average molecular weight is 745 g/mol. The van der Waals surface area contributed by atoms with E-state index in [1.165, 1.54) is 0 Å². The highest BCUT2D eigenvalue weighted by molar-refractivity contribution is 6.00. The first-order valence-electron chi connectivity index (χ1n) is 18.6. The first-order chi connectivity index (χ1) is 25.1. The summed E-state index contributed by atoms with van der Waals surface area (Å²) >= 11 is 0. The third-order valence-corrected chi connectivity index (χ3v) is 9.33. The van der Waals surface area contributed by atoms with E-state index >= 15 is 0 Å². The molecule has 1 aliphatic heterocycles. The number of hydrogen-bond donors (Lipinski definition) is 5. The summed E-state index contributed by atoms with van der Waals surface area (Å²) in [5, 5.41) is 51.1. The van der Waals surface area contributed by atoms with E-state index in [2.05, 4.69) is 13.8 Å². The number of allylic oxidation sites excluding steroid dienone is 22. The zero-order chi connectivity index (χ0) is 40.8. The van der Waals surface area contributed by atoms with Gasteiger partial charge in [-0.2, -0.15) is 0 Å². The summed E-state index contributed by atoms with van der Waals surface area (Å²) < 4.78 is 11.4. The molecule has 5 unspecified atom stereocenters. The van der Waals surface area contributed by atoms with E-state index in [0.29, 0.717) is 12.0 Å². The molecule has 0 saturated carbocycles. The maximum atomic E-state index is 12.3. The molecule has 0 aromatic heterocycles. The van der Waals surface area contributed by atoms with Crippen molar-refractivity contribution in [3.63, 3.8) is 0 Å². The number of aliphatic hydroxyl groups excluding tert-OH is 4. The number of ketones is 1. The van der Waals surface area contributed by atoms with Crippen LogP contribution in [0.15, 0.2) is 142 Å². The molecular weight excluding hydrogens is 680 g/mol. The number of carbonyl (C=O) groups excluding carboxylic acids is 1. The van der Waals surface area contributed by atoms with Gasteiger partial charge in [-0.1, -0.05) is 145 Å². The van der Waals surface area contributed by atoms with Gasteiger partial charge in [-0.25, -0.2) is 0 Å². The van der Waals surface area contributed by atoms with E-state index in [0.717, 1.165) is 33.4 Å². The Kier molecular flexibility index (Phi) is 18.4. The zero-order valence-electron chi connectivity index (χ0n) is 34.0. The average Bonchev–Trinajstić information content (AvgIpc) is 3.07. The molecule has 1 saturated heterocycles. The molecule has 0 radical (unpaired) electrons. The van der Waals surface area contributed by atoms with E-state index in [-0.39, 0.29) is 11.2 Å². The van der Waals surface area contributed by atoms with E-state index in [1.807, 2.05) is 126 Å². The van der Waals surface area contributed by atoms with E-state index in [1.54, 1.807) is 39.8 Å². The Hall–Kier alpha value is -3.73. The third-order valence-electron chi connectivity index (χ3n) is 9.33. The van der Waals surface area contributed by atoms with Gasteiger partial charge in [0.15, 0.2) is 12.1 Å². The van der Waals surface area contributed by atoms with Crippen LogP contribution in [0.2, 0.25) is 0 Å². The molecule has 296 valence electrons. The smallest absolute Gasteiger partial charge is 0.187 e. The molecule has 1 aliphatic carbocycles. The quantitative estimate of drug-likeness (QED) is 0.108. The van der Waals surface area contributed by atoms with Crippen molar-refractivity contribution >= 4 is 5.78 Å². The lowest BCUT2D eigenvalue weighted by Gasteiger charge is -2.41. The van der Waals surface area contributed by atoms with Crippen molar-refractivity contribution in [2.75, 3.05) is 0 Å². The molecule has 2 aliphatic rings. The van der Waals surface area contributed by atoms with E-state index in [9.17, 15) is 30.3 Å². The van der Waals surface area contributed by atoms with Crippen LogP contribution in [-0.4, -0.2) is 79.8 Å². The molecule has 0 bridgehead atoms. The fourth-order valence-corrected chi connectivity index (χ4v) is 5.85. The maximum absolute atomic E-state index is 12.3. The summed E-state index contributed by atoms with van der Waals surface area (Å²) in [4.78, 5) is 12.3. The summed E-state index contributed by atoms with van der Waals surface area (Å²) in [6, 6.07) is 0. The first kappa shape index (κ1) is 46.4. The zero-order valence-corrected chi connectivity index (χ0v) is 34.0. The van der Waals surface area contributed by atoms with Gasteiger partial charge in [-0.05, 0) is 85.3 Å². The van der Waals surface area contributed by atoms with Crippen LogP contribution in [0.25, 0.3) is 0 Å². The van der Waals surface area contributed by atoms with Gasteiger partial charge < -0.3 is 35.0 Å². The van der Waals surface area contributed by atoms with Crippen molar-refractivity contribution in [3.05, 3.63) is 142 Å². The predicted molar refractivity (Wildman–Crippen MR) is 219 cm³/mol. The summed E-state index contributed by atoms with van der Waals surface area (Å²) in [5.41, 5.74) is 5.28. The van der Waals surface area contributed by atoms with E-state index in [4.69, 9.17) is 9.47 Å². The van der Waals surface area contributed by atoms with Crippen molar-refractivity contribution in [3.8, 4) is 0 Å². The molecule has 1 fully saturated rings. The monoisotopic (exact) mass is 744 g/mol. The lowest BCUT2D eigenvalue weighted by atomic mass is 9.71. The van der Waals surface area contributed by atoms with Gasteiger partial charge in [0, 0.05) is 0 Å². The van der Waals surface area contributed by atoms with Gasteiger partial charge in [-0.3, -0.25) is 4.79 Å².